The molecule has 0 radical (unpaired) electrons. The van der Waals surface area contributed by atoms with Crippen molar-refractivity contribution in [1.29, 1.82) is 0 Å². The van der Waals surface area contributed by atoms with Crippen molar-refractivity contribution in [3.8, 4) is 11.5 Å². The lowest BCUT2D eigenvalue weighted by atomic mass is 9.98. The second-order valence-corrected chi connectivity index (χ2v) is 10.0. The zero-order valence-electron chi connectivity index (χ0n) is 17.1. The van der Waals surface area contributed by atoms with Crippen molar-refractivity contribution in [1.82, 2.24) is 9.91 Å². The minimum Gasteiger partial charge on any atom is -0.493 e. The fourth-order valence-corrected chi connectivity index (χ4v) is 5.91. The second kappa shape index (κ2) is 7.90. The number of hydrazone groups is 1. The predicted octanol–water partition coefficient (Wildman–Crippen LogP) is 0.754. The van der Waals surface area contributed by atoms with Gasteiger partial charge in [-0.15, -0.1) is 0 Å². The van der Waals surface area contributed by atoms with Crippen LogP contribution in [0, 0.1) is 0 Å². The maximum atomic E-state index is 13.1. The van der Waals surface area contributed by atoms with Gasteiger partial charge in [-0.2, -0.15) is 5.10 Å². The number of carbonyl (C=O) groups excluding carboxylic acids is 2. The van der Waals surface area contributed by atoms with E-state index in [0.29, 0.717) is 43.1 Å². The SMILES string of the molecule is COc1cc2c(cc1OC)CN(C(=O)C1=NN([C@@H]3CCS(=O)(=O)C3)C(=O)CC1)CC2. The Morgan fingerprint density at radius 1 is 1.10 bits per heavy atom. The normalized spacial score (nSPS) is 23.1. The quantitative estimate of drug-likeness (QED) is 0.691. The largest absolute Gasteiger partial charge is 0.493 e. The van der Waals surface area contributed by atoms with Gasteiger partial charge < -0.3 is 14.4 Å². The first-order valence-corrected chi connectivity index (χ1v) is 11.8. The van der Waals surface area contributed by atoms with Crippen molar-refractivity contribution in [2.45, 2.75) is 38.3 Å². The molecule has 0 aromatic heterocycles. The van der Waals surface area contributed by atoms with E-state index in [4.69, 9.17) is 9.47 Å². The number of benzene rings is 1. The number of nitrogens with zero attached hydrogens (tertiary/aromatic N) is 3. The van der Waals surface area contributed by atoms with Gasteiger partial charge in [-0.1, -0.05) is 0 Å². The van der Waals surface area contributed by atoms with E-state index >= 15 is 0 Å². The van der Waals surface area contributed by atoms with Crippen LogP contribution in [0.2, 0.25) is 0 Å². The Bertz CT molecular complexity index is 1020. The molecule has 0 N–H and O–H groups in total. The van der Waals surface area contributed by atoms with Crippen molar-refractivity contribution in [2.24, 2.45) is 5.10 Å². The molecule has 9 nitrogen and oxygen atoms in total. The van der Waals surface area contributed by atoms with Crippen LogP contribution in [-0.4, -0.2) is 74.2 Å². The number of sulfone groups is 1. The number of carbonyl (C=O) groups is 2. The summed E-state index contributed by atoms with van der Waals surface area (Å²) in [5, 5.41) is 5.53. The highest BCUT2D eigenvalue weighted by atomic mass is 32.2. The monoisotopic (exact) mass is 435 g/mol. The van der Waals surface area contributed by atoms with E-state index in [1.54, 1.807) is 19.1 Å². The standard InChI is InChI=1S/C20H25N3O6S/c1-28-17-9-13-5-7-22(11-14(13)10-18(17)29-2)20(25)16-3-4-19(24)23(21-16)15-6-8-30(26,27)12-15/h9-10,15H,3-8,11-12H2,1-2H3/t15-/m1/s1. The molecule has 1 atom stereocenters. The summed E-state index contributed by atoms with van der Waals surface area (Å²) in [6.45, 7) is 0.950. The van der Waals surface area contributed by atoms with Crippen molar-refractivity contribution in [2.75, 3.05) is 32.3 Å². The lowest BCUT2D eigenvalue weighted by Gasteiger charge is -2.32. The molecule has 3 aliphatic rings. The van der Waals surface area contributed by atoms with Gasteiger partial charge in [0.05, 0.1) is 31.8 Å². The first-order chi connectivity index (χ1) is 14.3. The van der Waals surface area contributed by atoms with Crippen molar-refractivity contribution >= 4 is 27.4 Å². The van der Waals surface area contributed by atoms with Crippen LogP contribution in [0.15, 0.2) is 17.2 Å². The zero-order valence-corrected chi connectivity index (χ0v) is 17.9. The molecule has 30 heavy (non-hydrogen) atoms. The number of methoxy groups -OCH3 is 2. The maximum absolute atomic E-state index is 13.1. The Balaban J connectivity index is 1.53. The van der Waals surface area contributed by atoms with Gasteiger partial charge in [0.2, 0.25) is 5.91 Å². The molecule has 162 valence electrons. The average molecular weight is 436 g/mol. The Morgan fingerprint density at radius 2 is 1.80 bits per heavy atom. The molecule has 1 aromatic carbocycles. The van der Waals surface area contributed by atoms with Crippen LogP contribution < -0.4 is 9.47 Å². The minimum atomic E-state index is -3.15. The van der Waals surface area contributed by atoms with Crippen LogP contribution in [0.1, 0.15) is 30.4 Å². The molecule has 0 spiro atoms. The first-order valence-electron chi connectivity index (χ1n) is 9.94. The third-order valence-corrected chi connectivity index (χ3v) is 7.62. The Kier molecular flexibility index (Phi) is 5.44. The topological polar surface area (TPSA) is 106 Å². The summed E-state index contributed by atoms with van der Waals surface area (Å²) < 4.78 is 34.3. The zero-order chi connectivity index (χ0) is 21.5. The van der Waals surface area contributed by atoms with E-state index in [-0.39, 0.29) is 36.2 Å². The highest BCUT2D eigenvalue weighted by Crippen LogP contribution is 2.33. The second-order valence-electron chi connectivity index (χ2n) is 7.79. The molecule has 10 heteroatoms. The van der Waals surface area contributed by atoms with Gasteiger partial charge >= 0.3 is 0 Å². The maximum Gasteiger partial charge on any atom is 0.270 e. The van der Waals surface area contributed by atoms with Gasteiger partial charge in [-0.05, 0) is 36.1 Å². The smallest absolute Gasteiger partial charge is 0.270 e. The summed E-state index contributed by atoms with van der Waals surface area (Å²) in [5.74, 6) is 0.785. The minimum absolute atomic E-state index is 0.0501. The first kappa shape index (κ1) is 20.6. The Morgan fingerprint density at radius 3 is 2.43 bits per heavy atom. The van der Waals surface area contributed by atoms with Gasteiger partial charge in [0.25, 0.3) is 5.91 Å². The van der Waals surface area contributed by atoms with Crippen LogP contribution >= 0.6 is 0 Å². The van der Waals surface area contributed by atoms with Gasteiger partial charge in [-0.3, -0.25) is 9.59 Å². The lowest BCUT2D eigenvalue weighted by molar-refractivity contribution is -0.134. The van der Waals surface area contributed by atoms with E-state index in [9.17, 15) is 18.0 Å². The number of amides is 2. The summed E-state index contributed by atoms with van der Waals surface area (Å²) >= 11 is 0. The molecule has 3 aliphatic heterocycles. The number of ether oxygens (including phenoxy) is 2. The van der Waals surface area contributed by atoms with Gasteiger partial charge in [0.15, 0.2) is 21.3 Å². The van der Waals surface area contributed by atoms with Gasteiger partial charge in [-0.25, -0.2) is 13.4 Å². The Hall–Kier alpha value is -2.62. The highest BCUT2D eigenvalue weighted by Gasteiger charge is 2.38. The van der Waals surface area contributed by atoms with Crippen molar-refractivity contribution in [3.63, 3.8) is 0 Å². The molecule has 3 heterocycles. The van der Waals surface area contributed by atoms with Crippen LogP contribution in [0.4, 0.5) is 0 Å². The molecule has 1 fully saturated rings. The molecule has 1 saturated heterocycles. The summed E-state index contributed by atoms with van der Waals surface area (Å²) in [6.07, 6.45) is 1.47. The van der Waals surface area contributed by atoms with E-state index in [1.807, 2.05) is 12.1 Å². The summed E-state index contributed by atoms with van der Waals surface area (Å²) in [4.78, 5) is 27.1. The van der Waals surface area contributed by atoms with Gasteiger partial charge in [0.1, 0.15) is 5.71 Å². The molecule has 0 bridgehead atoms. The van der Waals surface area contributed by atoms with Crippen molar-refractivity contribution < 1.29 is 27.5 Å². The third-order valence-electron chi connectivity index (χ3n) is 5.87. The number of hydrogen-bond donors (Lipinski definition) is 0. The van der Waals surface area contributed by atoms with Gasteiger partial charge in [0, 0.05) is 25.9 Å². The summed E-state index contributed by atoms with van der Waals surface area (Å²) in [6, 6.07) is 3.34. The molecule has 0 aliphatic carbocycles. The molecular formula is C20H25N3O6S. The van der Waals surface area contributed by atoms with E-state index in [1.165, 1.54) is 5.01 Å². The third kappa shape index (κ3) is 3.88. The number of fused-ring (bicyclic) bond motifs is 1. The number of rotatable bonds is 4. The van der Waals surface area contributed by atoms with Crippen LogP contribution in [0.3, 0.4) is 0 Å². The average Bonchev–Trinajstić information content (AvgIpc) is 3.11. The summed E-state index contributed by atoms with van der Waals surface area (Å²) in [5.41, 5.74) is 2.40. The van der Waals surface area contributed by atoms with Crippen LogP contribution in [0.25, 0.3) is 0 Å². The molecule has 1 aromatic rings. The highest BCUT2D eigenvalue weighted by molar-refractivity contribution is 7.91. The van der Waals surface area contributed by atoms with Crippen LogP contribution in [-0.2, 0) is 32.4 Å². The summed E-state index contributed by atoms with van der Waals surface area (Å²) in [7, 11) is 0.00814. The van der Waals surface area contributed by atoms with E-state index in [2.05, 4.69) is 5.10 Å². The van der Waals surface area contributed by atoms with Crippen LogP contribution in [0.5, 0.6) is 11.5 Å². The molecular weight excluding hydrogens is 410 g/mol. The fraction of sp³-hybridized carbons (Fsp3) is 0.550. The molecule has 0 unspecified atom stereocenters. The molecule has 0 saturated carbocycles. The van der Waals surface area contributed by atoms with E-state index in [0.717, 1.165) is 11.1 Å². The molecule has 4 rings (SSSR count). The fourth-order valence-electron chi connectivity index (χ4n) is 4.22. The molecule has 2 amide bonds. The van der Waals surface area contributed by atoms with Crippen molar-refractivity contribution in [3.05, 3.63) is 23.3 Å². The lowest BCUT2D eigenvalue weighted by Crippen LogP contribution is -2.46. The van der Waals surface area contributed by atoms with E-state index < -0.39 is 15.9 Å². The predicted molar refractivity (Wildman–Crippen MR) is 109 cm³/mol. The Labute approximate surface area is 175 Å². The number of hydrogen-bond acceptors (Lipinski definition) is 7.